The number of nitrogens with one attached hydrogen (secondary N) is 1. The summed E-state index contributed by atoms with van der Waals surface area (Å²) in [5.74, 6) is -1.44. The van der Waals surface area contributed by atoms with Crippen molar-refractivity contribution in [2.45, 2.75) is 4.90 Å². The van der Waals surface area contributed by atoms with Crippen LogP contribution in [0.1, 0.15) is 10.5 Å². The number of hydrogen-bond donors (Lipinski definition) is 2. The summed E-state index contributed by atoms with van der Waals surface area (Å²) in [6.07, 6.45) is 2.20. The zero-order valence-electron chi connectivity index (χ0n) is 10.4. The number of aromatic carboxylic acids is 1. The van der Waals surface area contributed by atoms with Gasteiger partial charge in [-0.05, 0) is 6.07 Å². The molecule has 0 saturated carbocycles. The van der Waals surface area contributed by atoms with Crippen molar-refractivity contribution in [2.24, 2.45) is 7.05 Å². The van der Waals surface area contributed by atoms with Crippen molar-refractivity contribution in [2.75, 3.05) is 4.72 Å². The summed E-state index contributed by atoms with van der Waals surface area (Å²) in [5, 5.41) is 8.66. The van der Waals surface area contributed by atoms with Crippen LogP contribution in [0.3, 0.4) is 0 Å². The zero-order chi connectivity index (χ0) is 15.8. The molecule has 11 heteroatoms. The van der Waals surface area contributed by atoms with Gasteiger partial charge in [-0.25, -0.2) is 23.2 Å². The van der Waals surface area contributed by atoms with Crippen molar-refractivity contribution in [3.05, 3.63) is 34.5 Å². The smallest absolute Gasteiger partial charge is 0.352 e. The summed E-state index contributed by atoms with van der Waals surface area (Å²) >= 11 is 11.5. The third kappa shape index (κ3) is 3.09. The Morgan fingerprint density at radius 3 is 2.62 bits per heavy atom. The Kier molecular flexibility index (Phi) is 4.08. The molecule has 0 amide bonds. The third-order valence-electron chi connectivity index (χ3n) is 2.49. The molecule has 2 N–H and O–H groups in total. The van der Waals surface area contributed by atoms with Gasteiger partial charge in [0.2, 0.25) is 0 Å². The van der Waals surface area contributed by atoms with E-state index in [9.17, 15) is 13.2 Å². The molecule has 2 heterocycles. The maximum atomic E-state index is 12.2. The molecular weight excluding hydrogens is 343 g/mol. The first kappa shape index (κ1) is 15.5. The van der Waals surface area contributed by atoms with Crippen molar-refractivity contribution in [1.82, 2.24) is 14.5 Å². The molecule has 0 atom stereocenters. The molecule has 0 saturated heterocycles. The second-order valence-corrected chi connectivity index (χ2v) is 6.33. The van der Waals surface area contributed by atoms with Gasteiger partial charge < -0.3 is 9.67 Å². The molecule has 0 aromatic carbocycles. The molecule has 0 bridgehead atoms. The number of anilines is 1. The van der Waals surface area contributed by atoms with E-state index in [1.165, 1.54) is 11.6 Å². The Morgan fingerprint density at radius 2 is 2.05 bits per heavy atom. The largest absolute Gasteiger partial charge is 0.477 e. The number of carbonyl (C=O) groups is 1. The molecule has 0 fully saturated rings. The first-order valence-electron chi connectivity index (χ1n) is 5.31. The highest BCUT2D eigenvalue weighted by Crippen LogP contribution is 2.27. The average molecular weight is 351 g/mol. The van der Waals surface area contributed by atoms with Gasteiger partial charge in [-0.1, -0.05) is 23.2 Å². The first-order valence-corrected chi connectivity index (χ1v) is 7.55. The normalized spacial score (nSPS) is 11.4. The Labute approximate surface area is 129 Å². The Hall–Kier alpha value is -1.84. The molecule has 0 unspecified atom stereocenters. The Bertz CT molecular complexity index is 818. The number of rotatable bonds is 4. The van der Waals surface area contributed by atoms with E-state index in [0.717, 1.165) is 18.6 Å². The summed E-state index contributed by atoms with van der Waals surface area (Å²) < 4.78 is 27.6. The standard InChI is InChI=1S/C10H8Cl2N4O4S/c1-16-3-5(2-6(16)10(17)18)21(19,20)15-9-7(11)8(12)13-4-14-9/h2-4H,1H3,(H,17,18)(H,13,14,15). The number of carboxylic acids is 1. The zero-order valence-corrected chi connectivity index (χ0v) is 12.7. The molecule has 0 aliphatic heterocycles. The van der Waals surface area contributed by atoms with Crippen molar-refractivity contribution >= 4 is 45.0 Å². The molecule has 0 spiro atoms. The molecule has 0 aliphatic carbocycles. The van der Waals surface area contributed by atoms with E-state index in [1.807, 2.05) is 0 Å². The van der Waals surface area contributed by atoms with Crippen molar-refractivity contribution < 1.29 is 18.3 Å². The minimum Gasteiger partial charge on any atom is -0.477 e. The number of carboxylic acid groups (broad SMARTS) is 1. The van der Waals surface area contributed by atoms with E-state index in [2.05, 4.69) is 14.7 Å². The number of halogens is 2. The molecule has 0 aliphatic rings. The van der Waals surface area contributed by atoms with Crippen molar-refractivity contribution in [3.8, 4) is 0 Å². The highest BCUT2D eigenvalue weighted by atomic mass is 35.5. The number of nitrogens with zero attached hydrogens (tertiary/aromatic N) is 3. The third-order valence-corrected chi connectivity index (χ3v) is 4.53. The van der Waals surface area contributed by atoms with Gasteiger partial charge in [0.15, 0.2) is 11.0 Å². The lowest BCUT2D eigenvalue weighted by Gasteiger charge is -2.07. The molecule has 2 aromatic heterocycles. The summed E-state index contributed by atoms with van der Waals surface area (Å²) in [5.41, 5.74) is -0.179. The van der Waals surface area contributed by atoms with Crippen LogP contribution in [0.5, 0.6) is 0 Å². The fourth-order valence-electron chi connectivity index (χ4n) is 1.50. The van der Waals surface area contributed by atoms with E-state index in [0.29, 0.717) is 0 Å². The lowest BCUT2D eigenvalue weighted by molar-refractivity contribution is 0.0686. The predicted octanol–water partition coefficient (Wildman–Crippen LogP) is 1.62. The van der Waals surface area contributed by atoms with Gasteiger partial charge in [-0.15, -0.1) is 0 Å². The van der Waals surface area contributed by atoms with Crippen LogP contribution in [-0.2, 0) is 17.1 Å². The van der Waals surface area contributed by atoms with Gasteiger partial charge in [-0.2, -0.15) is 0 Å². The van der Waals surface area contributed by atoms with Crippen LogP contribution in [0, 0.1) is 0 Å². The number of hydrogen-bond acceptors (Lipinski definition) is 5. The quantitative estimate of drug-likeness (QED) is 0.809. The SMILES string of the molecule is Cn1cc(S(=O)(=O)Nc2ncnc(Cl)c2Cl)cc1C(=O)O. The molecule has 2 aromatic rings. The van der Waals surface area contributed by atoms with Crippen LogP contribution in [0.2, 0.25) is 10.2 Å². The van der Waals surface area contributed by atoms with E-state index in [-0.39, 0.29) is 26.6 Å². The maximum Gasteiger partial charge on any atom is 0.352 e. The summed E-state index contributed by atoms with van der Waals surface area (Å²) in [4.78, 5) is 17.9. The predicted molar refractivity (Wildman–Crippen MR) is 75.2 cm³/mol. The van der Waals surface area contributed by atoms with Crippen LogP contribution in [0.4, 0.5) is 5.82 Å². The molecular formula is C10H8Cl2N4O4S. The highest BCUT2D eigenvalue weighted by molar-refractivity contribution is 7.92. The lowest BCUT2D eigenvalue weighted by Crippen LogP contribution is -2.14. The van der Waals surface area contributed by atoms with Gasteiger partial charge >= 0.3 is 5.97 Å². The van der Waals surface area contributed by atoms with Crippen LogP contribution in [0.15, 0.2) is 23.5 Å². The average Bonchev–Trinajstić information content (AvgIpc) is 2.78. The second kappa shape index (κ2) is 5.51. The van der Waals surface area contributed by atoms with Gasteiger partial charge in [0, 0.05) is 13.2 Å². The fraction of sp³-hybridized carbons (Fsp3) is 0.100. The first-order chi connectivity index (χ1) is 9.72. The number of aryl methyl sites for hydroxylation is 1. The second-order valence-electron chi connectivity index (χ2n) is 3.91. The summed E-state index contributed by atoms with van der Waals surface area (Å²) in [6, 6.07) is 1.02. The van der Waals surface area contributed by atoms with Crippen LogP contribution in [-0.4, -0.2) is 34.0 Å². The molecule has 0 radical (unpaired) electrons. The number of aromatic nitrogens is 3. The fourth-order valence-corrected chi connectivity index (χ4v) is 2.92. The van der Waals surface area contributed by atoms with E-state index in [4.69, 9.17) is 28.3 Å². The van der Waals surface area contributed by atoms with Gasteiger partial charge in [-0.3, -0.25) is 4.72 Å². The van der Waals surface area contributed by atoms with Crippen LogP contribution in [0.25, 0.3) is 0 Å². The minimum atomic E-state index is -4.06. The lowest BCUT2D eigenvalue weighted by atomic mass is 10.4. The summed E-state index contributed by atoms with van der Waals surface area (Å²) in [7, 11) is -2.64. The molecule has 8 nitrogen and oxygen atoms in total. The molecule has 112 valence electrons. The molecule has 21 heavy (non-hydrogen) atoms. The number of sulfonamides is 1. The topological polar surface area (TPSA) is 114 Å². The maximum absolute atomic E-state index is 12.2. The monoisotopic (exact) mass is 350 g/mol. The van der Waals surface area contributed by atoms with Gasteiger partial charge in [0.25, 0.3) is 10.0 Å². The van der Waals surface area contributed by atoms with E-state index < -0.39 is 16.0 Å². The van der Waals surface area contributed by atoms with Gasteiger partial charge in [0.05, 0.1) is 0 Å². The van der Waals surface area contributed by atoms with Crippen molar-refractivity contribution in [3.63, 3.8) is 0 Å². The molecule has 2 rings (SSSR count). The van der Waals surface area contributed by atoms with Gasteiger partial charge in [0.1, 0.15) is 21.9 Å². The van der Waals surface area contributed by atoms with E-state index >= 15 is 0 Å². The van der Waals surface area contributed by atoms with E-state index in [1.54, 1.807) is 0 Å². The van der Waals surface area contributed by atoms with Crippen LogP contribution >= 0.6 is 23.2 Å². The minimum absolute atomic E-state index is 0.108. The Balaban J connectivity index is 2.41. The van der Waals surface area contributed by atoms with Crippen molar-refractivity contribution in [1.29, 1.82) is 0 Å². The Morgan fingerprint density at radius 1 is 1.38 bits per heavy atom. The highest BCUT2D eigenvalue weighted by Gasteiger charge is 2.22. The van der Waals surface area contributed by atoms with Crippen LogP contribution < -0.4 is 4.72 Å². The summed E-state index contributed by atoms with van der Waals surface area (Å²) in [6.45, 7) is 0.